The fourth-order valence-electron chi connectivity index (χ4n) is 4.74. The van der Waals surface area contributed by atoms with Crippen LogP contribution in [0.15, 0.2) is 29.3 Å². The number of hydrogen-bond donors (Lipinski definition) is 2. The van der Waals surface area contributed by atoms with E-state index >= 15 is 0 Å². The topological polar surface area (TPSA) is 72.0 Å². The molecule has 1 aromatic rings. The molecular weight excluding hydrogens is 537 g/mol. The molecule has 1 aliphatic heterocycles. The Hall–Kier alpha value is -0.870. The van der Waals surface area contributed by atoms with Gasteiger partial charge in [0, 0.05) is 53.0 Å². The Morgan fingerprint density at radius 2 is 1.94 bits per heavy atom. The summed E-state index contributed by atoms with van der Waals surface area (Å²) in [6.07, 6.45) is 6.20. The molecule has 1 aliphatic carbocycles. The molecular formula is C24H40IN3O3S. The van der Waals surface area contributed by atoms with Gasteiger partial charge in [-0.2, -0.15) is 0 Å². The van der Waals surface area contributed by atoms with Gasteiger partial charge in [0.1, 0.15) is 5.75 Å². The molecule has 0 aromatic heterocycles. The molecule has 0 amide bonds. The summed E-state index contributed by atoms with van der Waals surface area (Å²) in [5.74, 6) is 2.49. The highest BCUT2D eigenvalue weighted by Gasteiger charge is 2.35. The number of nitrogens with zero attached hydrogens (tertiary/aromatic N) is 1. The molecule has 0 radical (unpaired) electrons. The first-order valence-corrected chi connectivity index (χ1v) is 13.1. The van der Waals surface area contributed by atoms with E-state index in [9.17, 15) is 4.21 Å². The van der Waals surface area contributed by atoms with Gasteiger partial charge in [-0.15, -0.1) is 24.0 Å². The summed E-state index contributed by atoms with van der Waals surface area (Å²) >= 11 is 0. The number of aliphatic imine (C=N–C) groups is 1. The van der Waals surface area contributed by atoms with Crippen molar-refractivity contribution < 1.29 is 13.7 Å². The largest absolute Gasteiger partial charge is 0.497 e. The third kappa shape index (κ3) is 7.32. The molecule has 3 rings (SSSR count). The lowest BCUT2D eigenvalue weighted by Crippen LogP contribution is -2.47. The zero-order chi connectivity index (χ0) is 22.1. The van der Waals surface area contributed by atoms with E-state index in [4.69, 9.17) is 14.5 Å². The number of benzene rings is 1. The van der Waals surface area contributed by atoms with Gasteiger partial charge in [-0.3, -0.25) is 9.20 Å². The number of methoxy groups -OCH3 is 1. The van der Waals surface area contributed by atoms with Crippen LogP contribution in [-0.2, 0) is 21.0 Å². The number of nitrogens with one attached hydrogen (secondary N) is 2. The summed E-state index contributed by atoms with van der Waals surface area (Å²) < 4.78 is 23.3. The van der Waals surface area contributed by atoms with Crippen molar-refractivity contribution in [1.82, 2.24) is 10.6 Å². The second-order valence-electron chi connectivity index (χ2n) is 8.62. The van der Waals surface area contributed by atoms with Crippen LogP contribution in [0.3, 0.4) is 0 Å². The molecule has 6 nitrogen and oxygen atoms in total. The number of hydrogen-bond acceptors (Lipinski definition) is 4. The van der Waals surface area contributed by atoms with Gasteiger partial charge < -0.3 is 20.1 Å². The van der Waals surface area contributed by atoms with E-state index in [-0.39, 0.29) is 29.4 Å². The van der Waals surface area contributed by atoms with Gasteiger partial charge in [0.05, 0.1) is 13.7 Å². The molecule has 182 valence electrons. The van der Waals surface area contributed by atoms with Crippen molar-refractivity contribution in [2.24, 2.45) is 4.99 Å². The fourth-order valence-corrected chi connectivity index (χ4v) is 6.09. The Morgan fingerprint density at radius 1 is 1.22 bits per heavy atom. The second-order valence-corrected chi connectivity index (χ2v) is 10.6. The first kappa shape index (κ1) is 27.4. The summed E-state index contributed by atoms with van der Waals surface area (Å²) in [7, 11) is 0.979. The van der Waals surface area contributed by atoms with Gasteiger partial charge in [0.2, 0.25) is 0 Å². The maximum Gasteiger partial charge on any atom is 0.191 e. The lowest BCUT2D eigenvalue weighted by molar-refractivity contribution is 0.0531. The minimum Gasteiger partial charge on any atom is -0.497 e. The molecule has 0 bridgehead atoms. The Balaban J connectivity index is 0.00000363. The molecule has 2 N–H and O–H groups in total. The van der Waals surface area contributed by atoms with Gasteiger partial charge in [0.15, 0.2) is 5.96 Å². The highest BCUT2D eigenvalue weighted by Crippen LogP contribution is 2.36. The Bertz CT molecular complexity index is 739. The highest BCUT2D eigenvalue weighted by atomic mass is 127. The number of guanidine groups is 1. The lowest BCUT2D eigenvalue weighted by atomic mass is 9.74. The van der Waals surface area contributed by atoms with E-state index in [1.807, 2.05) is 19.1 Å². The van der Waals surface area contributed by atoms with Crippen molar-refractivity contribution in [3.05, 3.63) is 29.8 Å². The standard InChI is InChI=1S/C24H39N3O3S.HI/c1-4-25-23(27-20-7-6-8-22(17-20)31(28)5-2)26-18-24(13-15-30-16-14-24)19-9-11-21(29-3)12-10-19;/h9-12,20,22H,4-8,13-18H2,1-3H3,(H2,25,26,27);1H. The van der Waals surface area contributed by atoms with Crippen LogP contribution in [0, 0.1) is 0 Å². The van der Waals surface area contributed by atoms with Gasteiger partial charge in [-0.05, 0) is 56.7 Å². The van der Waals surface area contributed by atoms with E-state index in [1.54, 1.807) is 7.11 Å². The Morgan fingerprint density at radius 3 is 2.56 bits per heavy atom. The molecule has 3 atom stereocenters. The van der Waals surface area contributed by atoms with E-state index in [0.717, 1.165) is 82.3 Å². The average molecular weight is 578 g/mol. The molecule has 2 aliphatic rings. The van der Waals surface area contributed by atoms with Gasteiger partial charge >= 0.3 is 0 Å². The summed E-state index contributed by atoms with van der Waals surface area (Å²) in [6, 6.07) is 8.75. The van der Waals surface area contributed by atoms with E-state index < -0.39 is 10.8 Å². The third-order valence-electron chi connectivity index (χ3n) is 6.66. The smallest absolute Gasteiger partial charge is 0.191 e. The molecule has 32 heavy (non-hydrogen) atoms. The van der Waals surface area contributed by atoms with Crippen LogP contribution in [0.4, 0.5) is 0 Å². The summed E-state index contributed by atoms with van der Waals surface area (Å²) in [6.45, 7) is 7.18. The maximum atomic E-state index is 12.3. The Labute approximate surface area is 213 Å². The zero-order valence-electron chi connectivity index (χ0n) is 19.7. The summed E-state index contributed by atoms with van der Waals surface area (Å²) in [5.41, 5.74) is 1.28. The minimum absolute atomic E-state index is 0. The zero-order valence-corrected chi connectivity index (χ0v) is 22.9. The number of rotatable bonds is 8. The molecule has 8 heteroatoms. The molecule has 2 fully saturated rings. The van der Waals surface area contributed by atoms with Crippen molar-refractivity contribution in [2.75, 3.05) is 39.2 Å². The minimum atomic E-state index is -0.719. The van der Waals surface area contributed by atoms with E-state index in [0.29, 0.717) is 11.3 Å². The lowest BCUT2D eigenvalue weighted by Gasteiger charge is -2.37. The van der Waals surface area contributed by atoms with Gasteiger partial charge in [-0.25, -0.2) is 0 Å². The summed E-state index contributed by atoms with van der Waals surface area (Å²) in [4.78, 5) is 5.04. The molecule has 0 spiro atoms. The van der Waals surface area contributed by atoms with Gasteiger partial charge in [0.25, 0.3) is 0 Å². The van der Waals surface area contributed by atoms with Crippen LogP contribution >= 0.6 is 24.0 Å². The highest BCUT2D eigenvalue weighted by molar-refractivity contribution is 14.0. The average Bonchev–Trinajstić information content (AvgIpc) is 2.83. The van der Waals surface area contributed by atoms with Crippen molar-refractivity contribution in [3.63, 3.8) is 0 Å². The molecule has 1 saturated heterocycles. The third-order valence-corrected chi connectivity index (χ3v) is 8.40. The van der Waals surface area contributed by atoms with Crippen LogP contribution in [-0.4, -0.2) is 60.6 Å². The SMILES string of the molecule is CCNC(=NCC1(c2ccc(OC)cc2)CCOCC1)NC1CCCC(S(=O)CC)C1.I. The quantitative estimate of drug-likeness (QED) is 0.278. The van der Waals surface area contributed by atoms with Crippen LogP contribution in [0.2, 0.25) is 0 Å². The predicted molar refractivity (Wildman–Crippen MR) is 144 cm³/mol. The second kappa shape index (κ2) is 13.7. The van der Waals surface area contributed by atoms with Crippen molar-refractivity contribution in [3.8, 4) is 5.75 Å². The van der Waals surface area contributed by atoms with Crippen LogP contribution in [0.5, 0.6) is 5.75 Å². The predicted octanol–water partition coefficient (Wildman–Crippen LogP) is 4.00. The van der Waals surface area contributed by atoms with Crippen molar-refractivity contribution in [1.29, 1.82) is 0 Å². The van der Waals surface area contributed by atoms with Crippen LogP contribution in [0.25, 0.3) is 0 Å². The van der Waals surface area contributed by atoms with E-state index in [2.05, 4.69) is 29.7 Å². The van der Waals surface area contributed by atoms with Crippen LogP contribution in [0.1, 0.15) is 57.9 Å². The fraction of sp³-hybridized carbons (Fsp3) is 0.708. The monoisotopic (exact) mass is 577 g/mol. The van der Waals surface area contributed by atoms with Crippen molar-refractivity contribution in [2.45, 2.75) is 69.1 Å². The molecule has 1 heterocycles. The molecule has 1 aromatic carbocycles. The van der Waals surface area contributed by atoms with Crippen LogP contribution < -0.4 is 15.4 Å². The number of halogens is 1. The first-order chi connectivity index (χ1) is 15.1. The maximum absolute atomic E-state index is 12.3. The van der Waals surface area contributed by atoms with Crippen molar-refractivity contribution >= 4 is 40.7 Å². The molecule has 1 saturated carbocycles. The van der Waals surface area contributed by atoms with E-state index in [1.165, 1.54) is 5.56 Å². The molecule has 3 unspecified atom stereocenters. The Kier molecular flexibility index (Phi) is 11.8. The summed E-state index contributed by atoms with van der Waals surface area (Å²) in [5, 5.41) is 7.38. The first-order valence-electron chi connectivity index (χ1n) is 11.7. The van der Waals surface area contributed by atoms with Gasteiger partial charge in [-0.1, -0.05) is 25.5 Å². The number of ether oxygens (including phenoxy) is 2. The normalized spacial score (nSPS) is 24.2.